The van der Waals surface area contributed by atoms with Crippen LogP contribution in [-0.4, -0.2) is 104 Å². The predicted molar refractivity (Wildman–Crippen MR) is 219 cm³/mol. The Labute approximate surface area is 349 Å². The van der Waals surface area contributed by atoms with E-state index < -0.39 is 0 Å². The summed E-state index contributed by atoms with van der Waals surface area (Å²) in [6.07, 6.45) is 8.63. The van der Waals surface area contributed by atoms with E-state index in [-0.39, 0.29) is 73.9 Å². The summed E-state index contributed by atoms with van der Waals surface area (Å²) in [4.78, 5) is 20.9. The van der Waals surface area contributed by atoms with E-state index in [1.54, 1.807) is 0 Å². The van der Waals surface area contributed by atoms with Crippen molar-refractivity contribution in [2.75, 3.05) is 52.9 Å². The fourth-order valence-corrected chi connectivity index (χ4v) is 8.05. The van der Waals surface area contributed by atoms with E-state index in [0.717, 1.165) is 44.5 Å². The summed E-state index contributed by atoms with van der Waals surface area (Å²) in [6.45, 7) is 0.00315. The van der Waals surface area contributed by atoms with Crippen LogP contribution in [0.25, 0.3) is 44.4 Å². The van der Waals surface area contributed by atoms with Crippen molar-refractivity contribution in [3.05, 3.63) is 69.3 Å². The van der Waals surface area contributed by atoms with Crippen LogP contribution in [0, 0.1) is 0 Å². The molecule has 5 rings (SSSR count). The third-order valence-corrected chi connectivity index (χ3v) is 10.7. The molecule has 8 bridgehead atoms. The summed E-state index contributed by atoms with van der Waals surface area (Å²) in [5, 5.41) is 79.6. The summed E-state index contributed by atoms with van der Waals surface area (Å²) in [5.74, 6) is 0. The zero-order chi connectivity index (χ0) is 39.9. The van der Waals surface area contributed by atoms with Crippen LogP contribution >= 0.6 is 0 Å². The molecular weight excluding hydrogens is 908 g/mol. The molecule has 0 amide bonds. The van der Waals surface area contributed by atoms with Gasteiger partial charge in [-0.25, -0.2) is 9.97 Å². The largest absolute Gasteiger partial charge is 2.00 e. The zero-order valence-electron chi connectivity index (χ0n) is 33.0. The minimum atomic E-state index is 0. The molecule has 13 heteroatoms. The molecule has 0 radical (unpaired) electrons. The van der Waals surface area contributed by atoms with Gasteiger partial charge in [0.2, 0.25) is 0 Å². The maximum absolute atomic E-state index is 9.96. The average molecular weight is 968 g/mol. The Morgan fingerprint density at radius 1 is 0.316 bits per heavy atom. The number of fused-ring (bicyclic) bond motifs is 8. The van der Waals surface area contributed by atoms with Crippen molar-refractivity contribution < 1.29 is 61.9 Å². The zero-order valence-corrected chi connectivity index (χ0v) is 35.2. The maximum atomic E-state index is 9.96. The summed E-state index contributed by atoms with van der Waals surface area (Å²) in [6, 6.07) is 7.96. The average Bonchev–Trinajstić information content (AvgIpc) is 3.90. The molecular formula is C44H60N4O8Pt. The minimum Gasteiger partial charge on any atom is -0.657 e. The Hall–Kier alpha value is -3.03. The third kappa shape index (κ3) is 11.6. The molecule has 0 saturated carbocycles. The van der Waals surface area contributed by atoms with Crippen molar-refractivity contribution >= 4 is 44.4 Å². The molecule has 3 aromatic rings. The van der Waals surface area contributed by atoms with Crippen LogP contribution in [0.5, 0.6) is 0 Å². The molecule has 5 heterocycles. The summed E-state index contributed by atoms with van der Waals surface area (Å²) >= 11 is 0. The Balaban J connectivity index is 0.00000720. The molecule has 8 N–H and O–H groups in total. The first-order chi connectivity index (χ1) is 27.5. The number of aryl methyl sites for hydroxylation is 4. The second-order valence-corrected chi connectivity index (χ2v) is 14.6. The number of allylic oxidation sites excluding steroid dienone is 4. The monoisotopic (exact) mass is 967 g/mol. The standard InChI is InChI=1S/C44H60N4O8.Pt/c49-17-1-9-29-30(10-2-18-50)38-26-40-33(13-5-21-53)34(14-6-22-54)42(47-40)28-44-36(16-8-24-56)35(15-7-23-55)43(48-44)27-41-32(12-4-20-52)31(11-3-19-51)39(46-41)25-37(29)45-38;/h25-28,49-56H,1-24H2;/q-2;+2. The van der Waals surface area contributed by atoms with Crippen LogP contribution in [0.3, 0.4) is 0 Å². The van der Waals surface area contributed by atoms with Gasteiger partial charge < -0.3 is 50.8 Å². The van der Waals surface area contributed by atoms with Gasteiger partial charge >= 0.3 is 21.1 Å². The number of hydrogen-bond donors (Lipinski definition) is 8. The third-order valence-electron chi connectivity index (χ3n) is 10.7. The molecule has 0 saturated heterocycles. The van der Waals surface area contributed by atoms with Crippen LogP contribution < -0.4 is 9.97 Å². The van der Waals surface area contributed by atoms with E-state index in [4.69, 9.17) is 19.9 Å². The second-order valence-electron chi connectivity index (χ2n) is 14.6. The van der Waals surface area contributed by atoms with E-state index in [1.807, 2.05) is 24.3 Å². The smallest absolute Gasteiger partial charge is 0.657 e. The van der Waals surface area contributed by atoms with Crippen LogP contribution in [0.4, 0.5) is 0 Å². The van der Waals surface area contributed by atoms with Crippen LogP contribution in [0.1, 0.15) is 122 Å². The quantitative estimate of drug-likeness (QED) is 0.0635. The molecule has 0 aliphatic carbocycles. The second kappa shape index (κ2) is 24.1. The Morgan fingerprint density at radius 2 is 0.509 bits per heavy atom. The van der Waals surface area contributed by atoms with E-state index >= 15 is 0 Å². The van der Waals surface area contributed by atoms with Crippen molar-refractivity contribution in [3.63, 3.8) is 0 Å². The predicted octanol–water partition coefficient (Wildman–Crippen LogP) is 4.18. The van der Waals surface area contributed by atoms with Crippen molar-refractivity contribution in [2.45, 2.75) is 103 Å². The van der Waals surface area contributed by atoms with E-state index in [2.05, 4.69) is 0 Å². The molecule has 0 atom stereocenters. The van der Waals surface area contributed by atoms with Crippen LogP contribution in [-0.2, 0) is 46.7 Å². The first-order valence-electron chi connectivity index (χ1n) is 20.5. The van der Waals surface area contributed by atoms with Crippen molar-refractivity contribution in [1.82, 2.24) is 19.9 Å². The molecule has 3 aromatic heterocycles. The minimum absolute atomic E-state index is 0. The number of aromatic nitrogens is 4. The van der Waals surface area contributed by atoms with E-state index in [1.165, 1.54) is 0 Å². The van der Waals surface area contributed by atoms with Gasteiger partial charge in [0.05, 0.1) is 22.8 Å². The molecule has 0 spiro atoms. The maximum Gasteiger partial charge on any atom is 2.00 e. The van der Waals surface area contributed by atoms with Gasteiger partial charge in [-0.3, -0.25) is 0 Å². The van der Waals surface area contributed by atoms with Gasteiger partial charge in [0.1, 0.15) is 0 Å². The fourth-order valence-electron chi connectivity index (χ4n) is 8.05. The number of aliphatic hydroxyl groups excluding tert-OH is 8. The molecule has 2 aliphatic rings. The number of nitrogens with zero attached hydrogens (tertiary/aromatic N) is 4. The molecule has 0 unspecified atom stereocenters. The summed E-state index contributed by atoms with van der Waals surface area (Å²) in [5.41, 5.74) is 13.5. The Morgan fingerprint density at radius 3 is 0.702 bits per heavy atom. The van der Waals surface area contributed by atoms with Gasteiger partial charge in [-0.15, -0.1) is 22.1 Å². The van der Waals surface area contributed by atoms with Gasteiger partial charge in [0.25, 0.3) is 0 Å². The summed E-state index contributed by atoms with van der Waals surface area (Å²) in [7, 11) is 0. The van der Waals surface area contributed by atoms with Gasteiger partial charge in [-0.05, 0) is 125 Å². The first-order valence-corrected chi connectivity index (χ1v) is 20.5. The van der Waals surface area contributed by atoms with Crippen LogP contribution in [0.2, 0.25) is 0 Å². The normalized spacial score (nSPS) is 12.9. The number of rotatable bonds is 24. The number of hydrogen-bond acceptors (Lipinski definition) is 10. The molecule has 0 aromatic carbocycles. The first kappa shape index (κ1) is 46.7. The Bertz CT molecular complexity index is 1720. The van der Waals surface area contributed by atoms with Crippen molar-refractivity contribution in [1.29, 1.82) is 0 Å². The van der Waals surface area contributed by atoms with E-state index in [9.17, 15) is 40.9 Å². The number of aliphatic hydroxyl groups is 8. The van der Waals surface area contributed by atoms with Crippen molar-refractivity contribution in [2.24, 2.45) is 0 Å². The van der Waals surface area contributed by atoms with Gasteiger partial charge in [-0.2, -0.15) is 0 Å². The van der Waals surface area contributed by atoms with E-state index in [0.29, 0.717) is 148 Å². The van der Waals surface area contributed by atoms with Crippen molar-refractivity contribution in [3.8, 4) is 0 Å². The fraction of sp³-hybridized carbons (Fsp3) is 0.545. The molecule has 57 heavy (non-hydrogen) atoms. The van der Waals surface area contributed by atoms with Gasteiger partial charge in [0.15, 0.2) is 0 Å². The summed E-state index contributed by atoms with van der Waals surface area (Å²) < 4.78 is 0. The molecule has 12 nitrogen and oxygen atoms in total. The Kier molecular flexibility index (Phi) is 19.8. The molecule has 314 valence electrons. The SMILES string of the molecule is OCCCC1=C(CCCO)c2cc3[n-]c(cc4nc(cc5[n-]c(cc1n2)c(CCCO)c5CCCO)C(CCCO)=C4CCCO)c(CCCO)c3CCCO.[Pt+2]. The van der Waals surface area contributed by atoms with Gasteiger partial charge in [0, 0.05) is 52.9 Å². The van der Waals surface area contributed by atoms with Crippen LogP contribution in [0.15, 0.2) is 24.3 Å². The van der Waals surface area contributed by atoms with Gasteiger partial charge in [-0.1, -0.05) is 46.5 Å². The molecule has 0 fully saturated rings. The molecule has 2 aliphatic heterocycles. The topological polar surface area (TPSA) is 216 Å².